The van der Waals surface area contributed by atoms with E-state index >= 15 is 0 Å². The maximum atomic E-state index is 8.71. The van der Waals surface area contributed by atoms with Gasteiger partial charge in [0, 0.05) is 6.20 Å². The van der Waals surface area contributed by atoms with Gasteiger partial charge in [0.25, 0.3) is 0 Å². The number of pyridine rings is 1. The number of ether oxygens (including phenoxy) is 1. The van der Waals surface area contributed by atoms with Crippen LogP contribution in [0.3, 0.4) is 0 Å². The first kappa shape index (κ1) is 13.2. The number of nitrogens with two attached hydrogens (primary N) is 1. The molecule has 0 amide bonds. The Morgan fingerprint density at radius 3 is 2.84 bits per heavy atom. The Kier molecular flexibility index (Phi) is 3.87. The van der Waals surface area contributed by atoms with Crippen LogP contribution in [0.15, 0.2) is 41.7 Å². The molecule has 0 aliphatic heterocycles. The summed E-state index contributed by atoms with van der Waals surface area (Å²) in [5.74, 6) is 0.717. The highest BCUT2D eigenvalue weighted by molar-refractivity contribution is 6.32. The summed E-state index contributed by atoms with van der Waals surface area (Å²) >= 11 is 6.09. The Morgan fingerprint density at radius 1 is 1.37 bits per heavy atom. The first-order valence-electron chi connectivity index (χ1n) is 5.48. The van der Waals surface area contributed by atoms with E-state index in [9.17, 15) is 0 Å². The molecule has 1 aromatic carbocycles. The van der Waals surface area contributed by atoms with Gasteiger partial charge in [0.15, 0.2) is 17.3 Å². The van der Waals surface area contributed by atoms with Gasteiger partial charge in [0.05, 0.1) is 5.02 Å². The van der Waals surface area contributed by atoms with Crippen molar-refractivity contribution >= 4 is 17.4 Å². The summed E-state index contributed by atoms with van der Waals surface area (Å²) in [5.41, 5.74) is 6.81. The number of oxime groups is 1. The van der Waals surface area contributed by atoms with Crippen molar-refractivity contribution in [3.63, 3.8) is 0 Å². The van der Waals surface area contributed by atoms with Gasteiger partial charge in [-0.15, -0.1) is 0 Å². The molecule has 0 aliphatic rings. The highest BCUT2D eigenvalue weighted by Gasteiger charge is 2.12. The molecule has 1 heterocycles. The van der Waals surface area contributed by atoms with E-state index in [1.54, 1.807) is 24.3 Å². The van der Waals surface area contributed by atoms with E-state index in [1.807, 2.05) is 13.0 Å². The number of amidine groups is 1. The molecule has 0 bridgehead atoms. The lowest BCUT2D eigenvalue weighted by Gasteiger charge is -2.10. The van der Waals surface area contributed by atoms with Crippen LogP contribution < -0.4 is 10.5 Å². The Labute approximate surface area is 115 Å². The van der Waals surface area contributed by atoms with Gasteiger partial charge in [-0.05, 0) is 36.8 Å². The Bertz CT molecular complexity index is 629. The molecule has 0 saturated heterocycles. The second-order valence-electron chi connectivity index (χ2n) is 3.87. The van der Waals surface area contributed by atoms with Crippen LogP contribution in [0.4, 0.5) is 0 Å². The summed E-state index contributed by atoms with van der Waals surface area (Å²) in [5, 5.41) is 12.1. The first-order valence-corrected chi connectivity index (χ1v) is 5.86. The number of rotatable bonds is 3. The molecule has 5 nitrogen and oxygen atoms in total. The van der Waals surface area contributed by atoms with Gasteiger partial charge >= 0.3 is 0 Å². The zero-order chi connectivity index (χ0) is 13.8. The molecular weight excluding hydrogens is 266 g/mol. The van der Waals surface area contributed by atoms with Crippen molar-refractivity contribution in [3.8, 4) is 11.5 Å². The summed E-state index contributed by atoms with van der Waals surface area (Å²) in [7, 11) is 0. The van der Waals surface area contributed by atoms with Crippen molar-refractivity contribution in [1.82, 2.24) is 4.98 Å². The second-order valence-corrected chi connectivity index (χ2v) is 4.28. The van der Waals surface area contributed by atoms with E-state index in [4.69, 9.17) is 27.3 Å². The molecule has 1 aromatic heterocycles. The normalized spacial score (nSPS) is 11.4. The predicted molar refractivity (Wildman–Crippen MR) is 73.0 cm³/mol. The number of nitrogens with zero attached hydrogens (tertiary/aromatic N) is 2. The third kappa shape index (κ3) is 2.95. The number of hydrogen-bond donors (Lipinski definition) is 2. The summed E-state index contributed by atoms with van der Waals surface area (Å²) in [6.07, 6.45) is 1.52. The smallest absolute Gasteiger partial charge is 0.192 e. The first-order chi connectivity index (χ1) is 9.11. The van der Waals surface area contributed by atoms with Gasteiger partial charge in [0.2, 0.25) is 0 Å². The van der Waals surface area contributed by atoms with Crippen molar-refractivity contribution in [1.29, 1.82) is 0 Å². The van der Waals surface area contributed by atoms with Crippen molar-refractivity contribution in [2.75, 3.05) is 0 Å². The minimum Gasteiger partial charge on any atom is -0.453 e. The molecule has 98 valence electrons. The van der Waals surface area contributed by atoms with Gasteiger partial charge < -0.3 is 15.7 Å². The van der Waals surface area contributed by atoms with Crippen LogP contribution in [0.2, 0.25) is 5.02 Å². The molecule has 3 N–H and O–H groups in total. The minimum atomic E-state index is -0.126. The number of aryl methyl sites for hydroxylation is 1. The Morgan fingerprint density at radius 2 is 2.16 bits per heavy atom. The molecule has 6 heteroatoms. The highest BCUT2D eigenvalue weighted by atomic mass is 35.5. The predicted octanol–water partition coefficient (Wildman–Crippen LogP) is 2.93. The van der Waals surface area contributed by atoms with Crippen LogP contribution >= 0.6 is 11.6 Å². The highest BCUT2D eigenvalue weighted by Crippen LogP contribution is 2.31. The van der Waals surface area contributed by atoms with Crippen LogP contribution in [-0.2, 0) is 0 Å². The molecule has 0 spiro atoms. The molecule has 0 aliphatic carbocycles. The zero-order valence-electron chi connectivity index (χ0n) is 10.2. The second kappa shape index (κ2) is 5.58. The molecule has 0 radical (unpaired) electrons. The van der Waals surface area contributed by atoms with Crippen molar-refractivity contribution in [2.24, 2.45) is 10.9 Å². The van der Waals surface area contributed by atoms with E-state index in [1.165, 1.54) is 6.20 Å². The van der Waals surface area contributed by atoms with E-state index in [-0.39, 0.29) is 11.5 Å². The Hall–Kier alpha value is -2.27. The van der Waals surface area contributed by atoms with Gasteiger partial charge in [-0.1, -0.05) is 22.8 Å². The average molecular weight is 278 g/mol. The van der Waals surface area contributed by atoms with E-state index in [0.717, 1.165) is 5.56 Å². The average Bonchev–Trinajstić information content (AvgIpc) is 2.41. The lowest BCUT2D eigenvalue weighted by atomic mass is 10.2. The molecule has 0 fully saturated rings. The van der Waals surface area contributed by atoms with E-state index < -0.39 is 0 Å². The largest absolute Gasteiger partial charge is 0.453 e. The van der Waals surface area contributed by atoms with Crippen molar-refractivity contribution in [3.05, 3.63) is 52.8 Å². The van der Waals surface area contributed by atoms with Gasteiger partial charge in [0.1, 0.15) is 5.75 Å². The third-order valence-electron chi connectivity index (χ3n) is 2.43. The molecule has 0 saturated carbocycles. The maximum Gasteiger partial charge on any atom is 0.192 e. The quantitative estimate of drug-likeness (QED) is 0.391. The molecule has 0 unspecified atom stereocenters. The van der Waals surface area contributed by atoms with Gasteiger partial charge in [-0.3, -0.25) is 0 Å². The molecular formula is C13H12ClN3O2. The summed E-state index contributed by atoms with van der Waals surface area (Å²) in [4.78, 5) is 4.01. The fourth-order valence-electron chi connectivity index (χ4n) is 1.52. The van der Waals surface area contributed by atoms with Crippen LogP contribution in [-0.4, -0.2) is 16.0 Å². The lowest BCUT2D eigenvalue weighted by Crippen LogP contribution is -2.16. The van der Waals surface area contributed by atoms with Crippen LogP contribution in [0, 0.1) is 6.92 Å². The minimum absolute atomic E-state index is 0.126. The fraction of sp³-hybridized carbons (Fsp3) is 0.0769. The Balaban J connectivity index is 2.38. The summed E-state index contributed by atoms with van der Waals surface area (Å²) < 4.78 is 5.65. The standard InChI is InChI=1S/C13H12ClN3O2/c1-8-4-5-10(9(14)7-8)19-11-3-2-6-16-12(11)13(15)17-18/h2-7,18H,1H3,(H2,15,17). The van der Waals surface area contributed by atoms with E-state index in [2.05, 4.69) is 10.1 Å². The van der Waals surface area contributed by atoms with Gasteiger partial charge in [-0.2, -0.15) is 0 Å². The number of aromatic nitrogens is 1. The summed E-state index contributed by atoms with van der Waals surface area (Å²) in [6, 6.07) is 8.76. The molecule has 19 heavy (non-hydrogen) atoms. The van der Waals surface area contributed by atoms with Crippen molar-refractivity contribution < 1.29 is 9.94 Å². The fourth-order valence-corrected chi connectivity index (χ4v) is 1.79. The molecule has 2 rings (SSSR count). The van der Waals surface area contributed by atoms with Crippen LogP contribution in [0.5, 0.6) is 11.5 Å². The summed E-state index contributed by atoms with van der Waals surface area (Å²) in [6.45, 7) is 1.93. The maximum absolute atomic E-state index is 8.71. The van der Waals surface area contributed by atoms with Crippen molar-refractivity contribution in [2.45, 2.75) is 6.92 Å². The zero-order valence-corrected chi connectivity index (χ0v) is 10.9. The van der Waals surface area contributed by atoms with Gasteiger partial charge in [-0.25, -0.2) is 4.98 Å². The van der Waals surface area contributed by atoms with Crippen LogP contribution in [0.1, 0.15) is 11.3 Å². The van der Waals surface area contributed by atoms with Crippen LogP contribution in [0.25, 0.3) is 0 Å². The number of benzene rings is 1. The van der Waals surface area contributed by atoms with E-state index in [0.29, 0.717) is 16.5 Å². The number of hydrogen-bond acceptors (Lipinski definition) is 4. The monoisotopic (exact) mass is 277 g/mol. The third-order valence-corrected chi connectivity index (χ3v) is 2.72. The molecule has 0 atom stereocenters. The SMILES string of the molecule is Cc1ccc(Oc2cccnc2/C(N)=N/O)c(Cl)c1. The topological polar surface area (TPSA) is 80.7 Å². The lowest BCUT2D eigenvalue weighted by molar-refractivity contribution is 0.318. The number of halogens is 1. The molecule has 2 aromatic rings.